The molecule has 2 rings (SSSR count). The highest BCUT2D eigenvalue weighted by atomic mass is 32.2. The van der Waals surface area contributed by atoms with E-state index < -0.39 is 0 Å². The third kappa shape index (κ3) is 5.61. The second-order valence-corrected chi connectivity index (χ2v) is 8.86. The van der Waals surface area contributed by atoms with E-state index in [-0.39, 0.29) is 10.7 Å². The average molecular weight is 337 g/mol. The smallest absolute Gasteiger partial charge is 0.119 e. The normalized spacial score (nSPS) is 23.6. The monoisotopic (exact) mass is 336 g/mol. The summed E-state index contributed by atoms with van der Waals surface area (Å²) in [6, 6.07) is 9.13. The van der Waals surface area contributed by atoms with Gasteiger partial charge in [-0.1, -0.05) is 24.5 Å². The van der Waals surface area contributed by atoms with Crippen LogP contribution in [0.3, 0.4) is 0 Å². The lowest BCUT2D eigenvalue weighted by Crippen LogP contribution is -2.29. The summed E-state index contributed by atoms with van der Waals surface area (Å²) in [6.07, 6.45) is 4.69. The van der Waals surface area contributed by atoms with Crippen molar-refractivity contribution in [2.24, 2.45) is 16.2 Å². The SMILES string of the molecule is CN=S(C)c1ccc(OCC2CC(C)N(CCC(C)C)C2)cc1. The molecule has 1 aliphatic heterocycles. The molecule has 23 heavy (non-hydrogen) atoms. The molecule has 3 nitrogen and oxygen atoms in total. The Morgan fingerprint density at radius 1 is 1.30 bits per heavy atom. The van der Waals surface area contributed by atoms with Crippen LogP contribution in [-0.4, -0.2) is 43.9 Å². The maximum atomic E-state index is 6.03. The summed E-state index contributed by atoms with van der Waals surface area (Å²) in [6.45, 7) is 10.2. The number of ether oxygens (including phenoxy) is 1. The maximum absolute atomic E-state index is 6.03. The number of hydrogen-bond acceptors (Lipinski definition) is 3. The van der Waals surface area contributed by atoms with Crippen LogP contribution >= 0.6 is 0 Å². The van der Waals surface area contributed by atoms with Crippen molar-refractivity contribution in [1.82, 2.24) is 4.90 Å². The molecule has 1 fully saturated rings. The molecule has 3 unspecified atom stereocenters. The van der Waals surface area contributed by atoms with Gasteiger partial charge >= 0.3 is 0 Å². The standard InChI is InChI=1S/C19H32N2OS/c1-15(2)10-11-21-13-17(12-16(21)3)14-22-18-6-8-19(9-7-18)23(5)20-4/h6-9,15-17H,10-14H2,1-5H3. The largest absolute Gasteiger partial charge is 0.493 e. The predicted molar refractivity (Wildman–Crippen MR) is 100 cm³/mol. The van der Waals surface area contributed by atoms with Crippen molar-refractivity contribution < 1.29 is 4.74 Å². The third-order valence-electron chi connectivity index (χ3n) is 4.71. The van der Waals surface area contributed by atoms with Crippen LogP contribution in [0, 0.1) is 11.8 Å². The Morgan fingerprint density at radius 2 is 2.00 bits per heavy atom. The molecular formula is C19H32N2OS. The highest BCUT2D eigenvalue weighted by Crippen LogP contribution is 2.25. The van der Waals surface area contributed by atoms with Gasteiger partial charge in [0, 0.05) is 30.4 Å². The molecule has 1 aromatic carbocycles. The van der Waals surface area contributed by atoms with E-state index in [0.29, 0.717) is 12.0 Å². The van der Waals surface area contributed by atoms with E-state index in [1.807, 2.05) is 7.05 Å². The van der Waals surface area contributed by atoms with Crippen molar-refractivity contribution in [3.8, 4) is 5.75 Å². The summed E-state index contributed by atoms with van der Waals surface area (Å²) in [5.74, 6) is 2.42. The Kier molecular flexibility index (Phi) is 7.09. The number of rotatable bonds is 7. The van der Waals surface area contributed by atoms with Gasteiger partial charge in [0.15, 0.2) is 0 Å². The van der Waals surface area contributed by atoms with Crippen molar-refractivity contribution in [1.29, 1.82) is 0 Å². The van der Waals surface area contributed by atoms with Crippen molar-refractivity contribution >= 4 is 10.7 Å². The van der Waals surface area contributed by atoms with Gasteiger partial charge < -0.3 is 9.64 Å². The van der Waals surface area contributed by atoms with Crippen LogP contribution in [0.1, 0.15) is 33.6 Å². The maximum Gasteiger partial charge on any atom is 0.119 e. The molecule has 0 aliphatic carbocycles. The van der Waals surface area contributed by atoms with E-state index >= 15 is 0 Å². The molecule has 0 spiro atoms. The molecule has 1 aliphatic rings. The number of nitrogens with zero attached hydrogens (tertiary/aromatic N) is 2. The zero-order valence-corrected chi connectivity index (χ0v) is 16.1. The molecule has 1 aromatic rings. The minimum Gasteiger partial charge on any atom is -0.493 e. The molecular weight excluding hydrogens is 304 g/mol. The van der Waals surface area contributed by atoms with Crippen LogP contribution in [0.2, 0.25) is 0 Å². The molecule has 0 aromatic heterocycles. The summed E-state index contributed by atoms with van der Waals surface area (Å²) in [5, 5.41) is 0. The fraction of sp³-hybridized carbons (Fsp3) is 0.684. The van der Waals surface area contributed by atoms with E-state index in [2.05, 4.69) is 60.6 Å². The number of hydrogen-bond donors (Lipinski definition) is 0. The van der Waals surface area contributed by atoms with Gasteiger partial charge in [0.1, 0.15) is 5.75 Å². The minimum absolute atomic E-state index is 0.00771. The molecule has 0 radical (unpaired) electrons. The Bertz CT molecular complexity index is 513. The van der Waals surface area contributed by atoms with Gasteiger partial charge in [-0.3, -0.25) is 4.36 Å². The molecule has 4 heteroatoms. The lowest BCUT2D eigenvalue weighted by Gasteiger charge is -2.21. The molecule has 130 valence electrons. The van der Waals surface area contributed by atoms with Crippen molar-refractivity contribution in [2.75, 3.05) is 33.0 Å². The van der Waals surface area contributed by atoms with Crippen LogP contribution < -0.4 is 4.74 Å². The molecule has 0 saturated carbocycles. The zero-order valence-electron chi connectivity index (χ0n) is 15.3. The van der Waals surface area contributed by atoms with Crippen molar-refractivity contribution in [2.45, 2.75) is 44.6 Å². The average Bonchev–Trinajstić information content (AvgIpc) is 2.90. The van der Waals surface area contributed by atoms with E-state index in [0.717, 1.165) is 18.3 Å². The van der Waals surface area contributed by atoms with Gasteiger partial charge in [0.05, 0.1) is 6.61 Å². The van der Waals surface area contributed by atoms with Gasteiger partial charge in [-0.2, -0.15) is 0 Å². The first-order valence-corrected chi connectivity index (χ1v) is 10.3. The van der Waals surface area contributed by atoms with E-state index in [4.69, 9.17) is 4.74 Å². The highest BCUT2D eigenvalue weighted by molar-refractivity contribution is 7.86. The molecule has 0 N–H and O–H groups in total. The third-order valence-corrected chi connectivity index (χ3v) is 6.21. The Morgan fingerprint density at radius 3 is 2.61 bits per heavy atom. The van der Waals surface area contributed by atoms with Gasteiger partial charge in [-0.15, -0.1) is 0 Å². The first-order valence-electron chi connectivity index (χ1n) is 8.72. The second-order valence-electron chi connectivity index (χ2n) is 7.07. The lowest BCUT2D eigenvalue weighted by atomic mass is 10.1. The van der Waals surface area contributed by atoms with Crippen LogP contribution in [0.4, 0.5) is 0 Å². The Hall–Kier alpha value is -0.870. The highest BCUT2D eigenvalue weighted by Gasteiger charge is 2.29. The Balaban J connectivity index is 1.80. The first kappa shape index (κ1) is 18.5. The van der Waals surface area contributed by atoms with Crippen LogP contribution in [-0.2, 0) is 10.7 Å². The Labute approximate surface area is 144 Å². The fourth-order valence-electron chi connectivity index (χ4n) is 3.13. The van der Waals surface area contributed by atoms with E-state index in [9.17, 15) is 0 Å². The van der Waals surface area contributed by atoms with E-state index in [1.165, 1.54) is 30.8 Å². The summed E-state index contributed by atoms with van der Waals surface area (Å²) in [7, 11) is 1.87. The van der Waals surface area contributed by atoms with Crippen LogP contribution in [0.5, 0.6) is 5.75 Å². The van der Waals surface area contributed by atoms with Gasteiger partial charge in [0.25, 0.3) is 0 Å². The van der Waals surface area contributed by atoms with Gasteiger partial charge in [-0.25, -0.2) is 0 Å². The summed E-state index contributed by atoms with van der Waals surface area (Å²) >= 11 is 0. The molecule has 1 saturated heterocycles. The molecule has 0 bridgehead atoms. The fourth-order valence-corrected chi connectivity index (χ4v) is 3.87. The second kappa shape index (κ2) is 8.84. The van der Waals surface area contributed by atoms with Crippen molar-refractivity contribution in [3.63, 3.8) is 0 Å². The number of benzene rings is 1. The first-order chi connectivity index (χ1) is 11.0. The summed E-state index contributed by atoms with van der Waals surface area (Å²) in [5.41, 5.74) is 0. The van der Waals surface area contributed by atoms with Gasteiger partial charge in [-0.05, 0) is 62.7 Å². The predicted octanol–water partition coefficient (Wildman–Crippen LogP) is 4.24. The molecule has 3 atom stereocenters. The topological polar surface area (TPSA) is 24.8 Å². The van der Waals surface area contributed by atoms with Crippen LogP contribution in [0.15, 0.2) is 33.5 Å². The quantitative estimate of drug-likeness (QED) is 0.744. The lowest BCUT2D eigenvalue weighted by molar-refractivity contribution is 0.226. The summed E-state index contributed by atoms with van der Waals surface area (Å²) in [4.78, 5) is 3.90. The van der Waals surface area contributed by atoms with Crippen molar-refractivity contribution in [3.05, 3.63) is 24.3 Å². The molecule has 1 heterocycles. The zero-order chi connectivity index (χ0) is 16.8. The van der Waals surface area contributed by atoms with E-state index in [1.54, 1.807) is 0 Å². The minimum atomic E-state index is -0.00771. The molecule has 0 amide bonds. The van der Waals surface area contributed by atoms with Crippen LogP contribution in [0.25, 0.3) is 0 Å². The summed E-state index contributed by atoms with van der Waals surface area (Å²) < 4.78 is 10.4. The number of likely N-dealkylation sites (tertiary alicyclic amines) is 1. The van der Waals surface area contributed by atoms with Gasteiger partial charge in [0.2, 0.25) is 0 Å².